The average Bonchev–Trinajstić information content (AvgIpc) is 3.10. The van der Waals surface area contributed by atoms with Crippen LogP contribution in [0.4, 0.5) is 5.13 Å². The molecule has 0 atom stereocenters. The SMILES string of the molecule is COc1ccc(-c2csc(NC(=O)c3cnc(C)cn3)n2)cc1OC. The van der Waals surface area contributed by atoms with E-state index in [-0.39, 0.29) is 11.6 Å². The van der Waals surface area contributed by atoms with Crippen LogP contribution in [0.2, 0.25) is 0 Å². The van der Waals surface area contributed by atoms with Crippen LogP contribution in [-0.2, 0) is 0 Å². The molecule has 3 aromatic rings. The van der Waals surface area contributed by atoms with Crippen LogP contribution < -0.4 is 14.8 Å². The number of carbonyl (C=O) groups is 1. The third-order valence-corrected chi connectivity index (χ3v) is 4.18. The molecule has 25 heavy (non-hydrogen) atoms. The topological polar surface area (TPSA) is 86.2 Å². The van der Waals surface area contributed by atoms with E-state index in [2.05, 4.69) is 20.3 Å². The number of aryl methyl sites for hydroxylation is 1. The molecule has 0 aliphatic heterocycles. The Labute approximate surface area is 148 Å². The molecule has 8 heteroatoms. The van der Waals surface area contributed by atoms with Crippen molar-refractivity contribution >= 4 is 22.4 Å². The Hall–Kier alpha value is -3.00. The van der Waals surface area contributed by atoms with Gasteiger partial charge < -0.3 is 9.47 Å². The second-order valence-corrected chi connectivity index (χ2v) is 5.96. The summed E-state index contributed by atoms with van der Waals surface area (Å²) in [6.45, 7) is 1.81. The number of amides is 1. The molecule has 2 heterocycles. The number of benzene rings is 1. The molecule has 1 aromatic carbocycles. The second-order valence-electron chi connectivity index (χ2n) is 5.10. The van der Waals surface area contributed by atoms with Gasteiger partial charge in [-0.1, -0.05) is 0 Å². The predicted molar refractivity (Wildman–Crippen MR) is 95.4 cm³/mol. The van der Waals surface area contributed by atoms with Gasteiger partial charge in [-0.15, -0.1) is 11.3 Å². The molecule has 0 saturated carbocycles. The van der Waals surface area contributed by atoms with Gasteiger partial charge in [0.25, 0.3) is 5.91 Å². The predicted octanol–water partition coefficient (Wildman–Crippen LogP) is 3.18. The molecule has 0 spiro atoms. The smallest absolute Gasteiger partial charge is 0.277 e. The second kappa shape index (κ2) is 7.27. The highest BCUT2D eigenvalue weighted by atomic mass is 32.1. The summed E-state index contributed by atoms with van der Waals surface area (Å²) in [6, 6.07) is 5.53. The first-order valence-corrected chi connectivity index (χ1v) is 8.26. The number of ether oxygens (including phenoxy) is 2. The van der Waals surface area contributed by atoms with Crippen molar-refractivity contribution in [1.29, 1.82) is 0 Å². The van der Waals surface area contributed by atoms with Crippen LogP contribution in [0, 0.1) is 6.92 Å². The summed E-state index contributed by atoms with van der Waals surface area (Å²) in [6.07, 6.45) is 2.99. The van der Waals surface area contributed by atoms with Gasteiger partial charge >= 0.3 is 0 Å². The van der Waals surface area contributed by atoms with Crippen molar-refractivity contribution < 1.29 is 14.3 Å². The summed E-state index contributed by atoms with van der Waals surface area (Å²) in [7, 11) is 3.17. The molecule has 3 rings (SSSR count). The first kappa shape index (κ1) is 16.8. The molecule has 0 aliphatic rings. The van der Waals surface area contributed by atoms with Crippen molar-refractivity contribution in [3.63, 3.8) is 0 Å². The molecule has 0 bridgehead atoms. The van der Waals surface area contributed by atoms with Crippen LogP contribution in [-0.4, -0.2) is 35.1 Å². The number of aromatic nitrogens is 3. The minimum Gasteiger partial charge on any atom is -0.493 e. The summed E-state index contributed by atoms with van der Waals surface area (Å²) < 4.78 is 10.5. The van der Waals surface area contributed by atoms with Crippen LogP contribution in [0.3, 0.4) is 0 Å². The van der Waals surface area contributed by atoms with Crippen molar-refractivity contribution in [2.45, 2.75) is 6.92 Å². The molecule has 7 nitrogen and oxygen atoms in total. The number of thiazole rings is 1. The van der Waals surface area contributed by atoms with Gasteiger partial charge in [0, 0.05) is 17.1 Å². The monoisotopic (exact) mass is 356 g/mol. The van der Waals surface area contributed by atoms with Crippen LogP contribution in [0.15, 0.2) is 36.0 Å². The van der Waals surface area contributed by atoms with Gasteiger partial charge in [0.2, 0.25) is 0 Å². The maximum absolute atomic E-state index is 12.2. The number of nitrogens with zero attached hydrogens (tertiary/aromatic N) is 3. The number of nitrogens with one attached hydrogen (secondary N) is 1. The molecule has 0 fully saturated rings. The van der Waals surface area contributed by atoms with Gasteiger partial charge in [-0.2, -0.15) is 0 Å². The Morgan fingerprint density at radius 2 is 1.92 bits per heavy atom. The number of rotatable bonds is 5. The minimum atomic E-state index is -0.347. The van der Waals surface area contributed by atoms with Crippen LogP contribution in [0.1, 0.15) is 16.2 Å². The van der Waals surface area contributed by atoms with E-state index in [1.165, 1.54) is 17.5 Å². The van der Waals surface area contributed by atoms with Crippen molar-refractivity contribution in [1.82, 2.24) is 15.0 Å². The molecule has 1 N–H and O–H groups in total. The summed E-state index contributed by atoms with van der Waals surface area (Å²) in [4.78, 5) is 24.7. The van der Waals surface area contributed by atoms with E-state index >= 15 is 0 Å². The zero-order valence-electron chi connectivity index (χ0n) is 13.9. The molecular formula is C17H16N4O3S. The van der Waals surface area contributed by atoms with Gasteiger partial charge in [-0.3, -0.25) is 15.1 Å². The van der Waals surface area contributed by atoms with E-state index in [0.717, 1.165) is 17.0 Å². The van der Waals surface area contributed by atoms with E-state index < -0.39 is 0 Å². The number of anilines is 1. The molecule has 0 radical (unpaired) electrons. The summed E-state index contributed by atoms with van der Waals surface area (Å²) in [5.41, 5.74) is 2.59. The Kier molecular flexibility index (Phi) is 4.90. The molecule has 128 valence electrons. The molecular weight excluding hydrogens is 340 g/mol. The van der Waals surface area contributed by atoms with Gasteiger partial charge in [0.05, 0.1) is 31.8 Å². The lowest BCUT2D eigenvalue weighted by Crippen LogP contribution is -2.13. The average molecular weight is 356 g/mol. The zero-order valence-corrected chi connectivity index (χ0v) is 14.8. The van der Waals surface area contributed by atoms with E-state index in [1.807, 2.05) is 30.5 Å². The van der Waals surface area contributed by atoms with Crippen LogP contribution in [0.5, 0.6) is 11.5 Å². The lowest BCUT2D eigenvalue weighted by Gasteiger charge is -2.08. The van der Waals surface area contributed by atoms with E-state index in [0.29, 0.717) is 16.6 Å². The van der Waals surface area contributed by atoms with Crippen molar-refractivity contribution in [3.05, 3.63) is 47.4 Å². The third kappa shape index (κ3) is 3.74. The standard InChI is InChI=1S/C17H16N4O3S/c1-10-7-19-12(8-18-10)16(22)21-17-20-13(9-25-17)11-4-5-14(23-2)15(6-11)24-3/h4-9H,1-3H3,(H,20,21,22). The number of methoxy groups -OCH3 is 2. The summed E-state index contributed by atoms with van der Waals surface area (Å²) in [5.74, 6) is 0.919. The molecule has 0 unspecified atom stereocenters. The zero-order chi connectivity index (χ0) is 17.8. The van der Waals surface area contributed by atoms with E-state index in [1.54, 1.807) is 20.4 Å². The lowest BCUT2D eigenvalue weighted by molar-refractivity contribution is 0.102. The first-order valence-electron chi connectivity index (χ1n) is 7.38. The van der Waals surface area contributed by atoms with Gasteiger partial charge in [-0.05, 0) is 25.1 Å². The van der Waals surface area contributed by atoms with Gasteiger partial charge in [0.1, 0.15) is 5.69 Å². The number of hydrogen-bond donors (Lipinski definition) is 1. The Balaban J connectivity index is 1.78. The van der Waals surface area contributed by atoms with Crippen LogP contribution >= 0.6 is 11.3 Å². The van der Waals surface area contributed by atoms with Crippen molar-refractivity contribution in [2.24, 2.45) is 0 Å². The Bertz CT molecular complexity index is 893. The third-order valence-electron chi connectivity index (χ3n) is 3.42. The maximum Gasteiger partial charge on any atom is 0.277 e. The number of carbonyl (C=O) groups excluding carboxylic acids is 1. The normalized spacial score (nSPS) is 10.4. The Morgan fingerprint density at radius 1 is 1.12 bits per heavy atom. The highest BCUT2D eigenvalue weighted by Gasteiger charge is 2.13. The number of hydrogen-bond acceptors (Lipinski definition) is 7. The maximum atomic E-state index is 12.2. The minimum absolute atomic E-state index is 0.244. The fourth-order valence-electron chi connectivity index (χ4n) is 2.13. The van der Waals surface area contributed by atoms with Crippen molar-refractivity contribution in [3.8, 4) is 22.8 Å². The largest absolute Gasteiger partial charge is 0.493 e. The van der Waals surface area contributed by atoms with Crippen LogP contribution in [0.25, 0.3) is 11.3 Å². The highest BCUT2D eigenvalue weighted by Crippen LogP contribution is 2.33. The first-order chi connectivity index (χ1) is 12.1. The van der Waals surface area contributed by atoms with E-state index in [4.69, 9.17) is 9.47 Å². The summed E-state index contributed by atoms with van der Waals surface area (Å²) >= 11 is 1.33. The molecule has 1 amide bonds. The summed E-state index contributed by atoms with van der Waals surface area (Å²) in [5, 5.41) is 5.07. The fourth-order valence-corrected chi connectivity index (χ4v) is 2.85. The molecule has 2 aromatic heterocycles. The Morgan fingerprint density at radius 3 is 2.60 bits per heavy atom. The van der Waals surface area contributed by atoms with Gasteiger partial charge in [0.15, 0.2) is 16.6 Å². The highest BCUT2D eigenvalue weighted by molar-refractivity contribution is 7.14. The van der Waals surface area contributed by atoms with Gasteiger partial charge in [-0.25, -0.2) is 9.97 Å². The molecule has 0 saturated heterocycles. The quantitative estimate of drug-likeness (QED) is 0.756. The van der Waals surface area contributed by atoms with Crippen molar-refractivity contribution in [2.75, 3.05) is 19.5 Å². The lowest BCUT2D eigenvalue weighted by atomic mass is 10.1. The fraction of sp³-hybridized carbons (Fsp3) is 0.176. The molecule has 0 aliphatic carbocycles. The van der Waals surface area contributed by atoms with E-state index in [9.17, 15) is 4.79 Å².